The van der Waals surface area contributed by atoms with Gasteiger partial charge in [-0.05, 0) is 51.0 Å². The highest BCUT2D eigenvalue weighted by Gasteiger charge is 2.35. The van der Waals surface area contributed by atoms with Crippen molar-refractivity contribution >= 4 is 23.7 Å². The van der Waals surface area contributed by atoms with Crippen molar-refractivity contribution < 1.29 is 18.7 Å². The third-order valence-corrected chi connectivity index (χ3v) is 6.42. The molecule has 0 amide bonds. The maximum atomic E-state index is 13.9. The lowest BCUT2D eigenvalue weighted by atomic mass is 9.95. The van der Waals surface area contributed by atoms with Crippen LogP contribution in [0.4, 0.5) is 10.3 Å². The highest BCUT2D eigenvalue weighted by atomic mass is 32.2. The number of anilines is 1. The number of carbonyl (C=O) groups is 1. The molecule has 2 aromatic carbocycles. The standard InChI is InChI=1S/C26H29FN4O3S/c1-5-14-35-26-29-25-28-17(4)22(24(32)34-16(2)3)23(31(25)30-26)18-10-12-20(13-11-18)33-15-19-8-6-7-9-21(19)27/h6-13,16,23H,5,14-15H2,1-4H3,(H,28,29,30). The van der Waals surface area contributed by atoms with E-state index in [9.17, 15) is 9.18 Å². The fraction of sp³-hybridized carbons (Fsp3) is 0.346. The van der Waals surface area contributed by atoms with E-state index in [0.29, 0.717) is 33.7 Å². The number of hydrogen-bond donors (Lipinski definition) is 1. The number of aromatic nitrogens is 3. The Hall–Kier alpha value is -3.33. The van der Waals surface area contributed by atoms with Gasteiger partial charge in [-0.1, -0.05) is 49.0 Å². The zero-order valence-electron chi connectivity index (χ0n) is 20.2. The molecule has 1 aromatic heterocycles. The Balaban J connectivity index is 1.64. The van der Waals surface area contributed by atoms with Crippen molar-refractivity contribution in [2.75, 3.05) is 11.1 Å². The number of hydrogen-bond acceptors (Lipinski definition) is 7. The number of benzene rings is 2. The fourth-order valence-electron chi connectivity index (χ4n) is 3.76. The number of ether oxygens (including phenoxy) is 2. The molecular formula is C26H29FN4O3S. The van der Waals surface area contributed by atoms with Crippen LogP contribution in [0.3, 0.4) is 0 Å². The van der Waals surface area contributed by atoms with Gasteiger partial charge in [0.2, 0.25) is 11.1 Å². The molecule has 4 rings (SSSR count). The van der Waals surface area contributed by atoms with Gasteiger partial charge in [0, 0.05) is 17.0 Å². The molecule has 1 N–H and O–H groups in total. The van der Waals surface area contributed by atoms with Crippen molar-refractivity contribution in [3.05, 3.63) is 76.7 Å². The van der Waals surface area contributed by atoms with E-state index in [1.54, 1.807) is 34.6 Å². The maximum absolute atomic E-state index is 13.9. The molecule has 0 spiro atoms. The van der Waals surface area contributed by atoms with E-state index < -0.39 is 12.0 Å². The van der Waals surface area contributed by atoms with Crippen LogP contribution in [0.25, 0.3) is 0 Å². The van der Waals surface area contributed by atoms with Crippen molar-refractivity contribution in [1.29, 1.82) is 0 Å². The van der Waals surface area contributed by atoms with Crippen LogP contribution in [0.1, 0.15) is 51.3 Å². The SMILES string of the molecule is CCCSc1nc2n(n1)C(c1ccc(OCc3ccccc3F)cc1)C(C(=O)OC(C)C)=C(C)N2. The molecule has 0 aliphatic carbocycles. The summed E-state index contributed by atoms with van der Waals surface area (Å²) < 4.78 is 27.0. The smallest absolute Gasteiger partial charge is 0.338 e. The zero-order chi connectivity index (χ0) is 24.9. The average molecular weight is 497 g/mol. The minimum atomic E-state index is -0.512. The minimum Gasteiger partial charge on any atom is -0.489 e. The summed E-state index contributed by atoms with van der Waals surface area (Å²) in [6, 6.07) is 13.4. The summed E-state index contributed by atoms with van der Waals surface area (Å²) in [5, 5.41) is 8.55. The van der Waals surface area contributed by atoms with Gasteiger partial charge in [-0.25, -0.2) is 13.9 Å². The Labute approximate surface area is 208 Å². The second-order valence-electron chi connectivity index (χ2n) is 8.48. The molecular weight excluding hydrogens is 467 g/mol. The van der Waals surface area contributed by atoms with Crippen molar-refractivity contribution in [3.63, 3.8) is 0 Å². The van der Waals surface area contributed by atoms with Crippen LogP contribution in [-0.2, 0) is 16.1 Å². The third kappa shape index (κ3) is 5.67. The fourth-order valence-corrected chi connectivity index (χ4v) is 4.44. The predicted octanol–water partition coefficient (Wildman–Crippen LogP) is 5.74. The van der Waals surface area contributed by atoms with Crippen molar-refractivity contribution in [2.45, 2.75) is 58.0 Å². The van der Waals surface area contributed by atoms with E-state index in [4.69, 9.17) is 14.6 Å². The van der Waals surface area contributed by atoms with Crippen molar-refractivity contribution in [2.24, 2.45) is 0 Å². The van der Waals surface area contributed by atoms with Crippen LogP contribution in [0.15, 0.2) is 65.0 Å². The van der Waals surface area contributed by atoms with E-state index in [0.717, 1.165) is 17.7 Å². The highest BCUT2D eigenvalue weighted by Crippen LogP contribution is 2.37. The van der Waals surface area contributed by atoms with Crippen LogP contribution in [0, 0.1) is 5.82 Å². The normalized spacial score (nSPS) is 15.1. The number of esters is 1. The van der Waals surface area contributed by atoms with Crippen molar-refractivity contribution in [1.82, 2.24) is 14.8 Å². The molecule has 0 bridgehead atoms. The first-order valence-corrected chi connectivity index (χ1v) is 12.6. The van der Waals surface area contributed by atoms with Gasteiger partial charge in [-0.3, -0.25) is 0 Å². The number of nitrogens with one attached hydrogen (secondary N) is 1. The molecule has 3 aromatic rings. The summed E-state index contributed by atoms with van der Waals surface area (Å²) in [5.74, 6) is 1.36. The van der Waals surface area contributed by atoms with E-state index >= 15 is 0 Å². The summed E-state index contributed by atoms with van der Waals surface area (Å²) in [6.07, 6.45) is 0.744. The number of allylic oxidation sites excluding steroid dienone is 1. The topological polar surface area (TPSA) is 78.3 Å². The molecule has 1 atom stereocenters. The Bertz CT molecular complexity index is 1220. The first kappa shape index (κ1) is 24.8. The summed E-state index contributed by atoms with van der Waals surface area (Å²) in [4.78, 5) is 17.7. The number of rotatable bonds is 9. The summed E-state index contributed by atoms with van der Waals surface area (Å²) >= 11 is 1.57. The molecule has 184 valence electrons. The second kappa shape index (κ2) is 10.9. The number of halogens is 1. The molecule has 9 heteroatoms. The van der Waals surface area contributed by atoms with Gasteiger partial charge < -0.3 is 14.8 Å². The molecule has 0 saturated heterocycles. The molecule has 0 fully saturated rings. The Morgan fingerprint density at radius 3 is 2.63 bits per heavy atom. The van der Waals surface area contributed by atoms with E-state index in [1.807, 2.05) is 45.0 Å². The monoisotopic (exact) mass is 496 g/mol. The van der Waals surface area contributed by atoms with Gasteiger partial charge in [0.15, 0.2) is 0 Å². The molecule has 1 aliphatic heterocycles. The maximum Gasteiger partial charge on any atom is 0.338 e. The third-order valence-electron chi connectivity index (χ3n) is 5.38. The lowest BCUT2D eigenvalue weighted by Crippen LogP contribution is -2.30. The molecule has 1 aliphatic rings. The van der Waals surface area contributed by atoms with Gasteiger partial charge in [0.05, 0.1) is 11.7 Å². The van der Waals surface area contributed by atoms with Gasteiger partial charge in [0.1, 0.15) is 24.2 Å². The summed E-state index contributed by atoms with van der Waals surface area (Å²) in [6.45, 7) is 7.70. The largest absolute Gasteiger partial charge is 0.489 e. The lowest BCUT2D eigenvalue weighted by molar-refractivity contribution is -0.143. The summed E-state index contributed by atoms with van der Waals surface area (Å²) in [5.41, 5.74) is 2.46. The van der Waals surface area contributed by atoms with Crippen molar-refractivity contribution in [3.8, 4) is 5.75 Å². The first-order valence-electron chi connectivity index (χ1n) is 11.6. The zero-order valence-corrected chi connectivity index (χ0v) is 21.1. The van der Waals surface area contributed by atoms with E-state index in [1.165, 1.54) is 6.07 Å². The molecule has 35 heavy (non-hydrogen) atoms. The average Bonchev–Trinajstić information content (AvgIpc) is 3.23. The van der Waals surface area contributed by atoms with Gasteiger partial charge in [-0.2, -0.15) is 4.98 Å². The number of thioether (sulfide) groups is 1. The number of carbonyl (C=O) groups excluding carboxylic acids is 1. The van der Waals surface area contributed by atoms with Crippen LogP contribution in [-0.4, -0.2) is 32.6 Å². The van der Waals surface area contributed by atoms with Crippen LogP contribution in [0.5, 0.6) is 5.75 Å². The quantitative estimate of drug-likeness (QED) is 0.299. The van der Waals surface area contributed by atoms with Gasteiger partial charge in [0.25, 0.3) is 0 Å². The summed E-state index contributed by atoms with van der Waals surface area (Å²) in [7, 11) is 0. The first-order chi connectivity index (χ1) is 16.9. The minimum absolute atomic E-state index is 0.121. The van der Waals surface area contributed by atoms with Crippen LogP contribution < -0.4 is 10.1 Å². The second-order valence-corrected chi connectivity index (χ2v) is 9.54. The lowest BCUT2D eigenvalue weighted by Gasteiger charge is -2.28. The molecule has 0 saturated carbocycles. The number of fused-ring (bicyclic) bond motifs is 1. The Kier molecular flexibility index (Phi) is 7.75. The predicted molar refractivity (Wildman–Crippen MR) is 134 cm³/mol. The Morgan fingerprint density at radius 1 is 1.20 bits per heavy atom. The highest BCUT2D eigenvalue weighted by molar-refractivity contribution is 7.99. The van der Waals surface area contributed by atoms with E-state index in [-0.39, 0.29) is 18.5 Å². The van der Waals surface area contributed by atoms with Crippen LogP contribution >= 0.6 is 11.8 Å². The molecule has 1 unspecified atom stereocenters. The number of nitrogens with zero attached hydrogens (tertiary/aromatic N) is 3. The molecule has 2 heterocycles. The van der Waals surface area contributed by atoms with Gasteiger partial charge >= 0.3 is 5.97 Å². The van der Waals surface area contributed by atoms with Gasteiger partial charge in [-0.15, -0.1) is 5.10 Å². The molecule has 0 radical (unpaired) electrons. The van der Waals surface area contributed by atoms with Crippen LogP contribution in [0.2, 0.25) is 0 Å². The molecule has 7 nitrogen and oxygen atoms in total. The van der Waals surface area contributed by atoms with E-state index in [2.05, 4.69) is 17.2 Å². The Morgan fingerprint density at radius 2 is 1.94 bits per heavy atom.